The van der Waals surface area contributed by atoms with Gasteiger partial charge >= 0.3 is 0 Å². The van der Waals surface area contributed by atoms with E-state index in [0.29, 0.717) is 12.5 Å². The van der Waals surface area contributed by atoms with E-state index < -0.39 is 38.9 Å². The summed E-state index contributed by atoms with van der Waals surface area (Å²) in [5.74, 6) is -3.00. The molecule has 11 heteroatoms. The molecule has 1 amide bonds. The van der Waals surface area contributed by atoms with Gasteiger partial charge in [0.15, 0.2) is 0 Å². The predicted octanol–water partition coefficient (Wildman–Crippen LogP) is 6.02. The van der Waals surface area contributed by atoms with Crippen LogP contribution in [-0.2, 0) is 16.6 Å². The number of hydrogen-bond acceptors (Lipinski definition) is 5. The van der Waals surface area contributed by atoms with Gasteiger partial charge < -0.3 is 9.47 Å². The maximum absolute atomic E-state index is 14.6. The average molecular weight is 554 g/mol. The van der Waals surface area contributed by atoms with Gasteiger partial charge in [-0.15, -0.1) is 0 Å². The molecule has 0 atom stereocenters. The average Bonchev–Trinajstić information content (AvgIpc) is 3.36. The molecule has 1 N–H and O–H groups in total. The van der Waals surface area contributed by atoms with Crippen molar-refractivity contribution >= 4 is 27.5 Å². The number of rotatable bonds is 9. The molecule has 0 aliphatic heterocycles. The molecular weight excluding hydrogens is 531 g/mol. The van der Waals surface area contributed by atoms with Crippen molar-refractivity contribution in [1.82, 2.24) is 4.72 Å². The van der Waals surface area contributed by atoms with E-state index in [1.807, 2.05) is 4.72 Å². The Morgan fingerprint density at radius 1 is 0.946 bits per heavy atom. The molecule has 0 aromatic heterocycles. The van der Waals surface area contributed by atoms with Crippen molar-refractivity contribution in [3.63, 3.8) is 0 Å². The lowest BCUT2D eigenvalue weighted by atomic mass is 10.1. The molecule has 37 heavy (non-hydrogen) atoms. The third-order valence-electron chi connectivity index (χ3n) is 5.90. The molecule has 3 aromatic rings. The van der Waals surface area contributed by atoms with Crippen LogP contribution >= 0.6 is 11.6 Å². The van der Waals surface area contributed by atoms with E-state index in [4.69, 9.17) is 21.1 Å². The standard InChI is InChI=1S/C26H23ClF3NO5S/c27-23-12-22(24(30)13-25(23)36-14-16-3-1-2-4-16)26(32)31-37(33,34)21-7-5-20(6-8-21)35-15-17-9-18(28)11-19(29)10-17/h5-13,16H,1-4,14-15H2,(H,31,32). The lowest BCUT2D eigenvalue weighted by Crippen LogP contribution is -2.31. The molecule has 0 unspecified atom stereocenters. The monoisotopic (exact) mass is 553 g/mol. The van der Waals surface area contributed by atoms with Crippen LogP contribution in [0.1, 0.15) is 41.6 Å². The number of nitrogens with one attached hydrogen (secondary N) is 1. The third-order valence-corrected chi connectivity index (χ3v) is 7.55. The highest BCUT2D eigenvalue weighted by atomic mass is 35.5. The topological polar surface area (TPSA) is 81.7 Å². The fraction of sp³-hybridized carbons (Fsp3) is 0.269. The van der Waals surface area contributed by atoms with E-state index in [1.54, 1.807) is 0 Å². The van der Waals surface area contributed by atoms with Crippen LogP contribution in [0.2, 0.25) is 5.02 Å². The first-order valence-corrected chi connectivity index (χ1v) is 13.3. The molecule has 4 rings (SSSR count). The van der Waals surface area contributed by atoms with Gasteiger partial charge in [0.25, 0.3) is 15.9 Å². The molecule has 0 saturated heterocycles. The van der Waals surface area contributed by atoms with Gasteiger partial charge in [-0.1, -0.05) is 24.4 Å². The summed E-state index contributed by atoms with van der Waals surface area (Å²) in [5.41, 5.74) is -0.304. The highest BCUT2D eigenvalue weighted by molar-refractivity contribution is 7.90. The minimum Gasteiger partial charge on any atom is -0.492 e. The summed E-state index contributed by atoms with van der Waals surface area (Å²) in [6.07, 6.45) is 4.29. The normalized spacial score (nSPS) is 13.9. The summed E-state index contributed by atoms with van der Waals surface area (Å²) in [6, 6.07) is 9.89. The number of benzene rings is 3. The van der Waals surface area contributed by atoms with Crippen molar-refractivity contribution in [2.75, 3.05) is 6.61 Å². The van der Waals surface area contributed by atoms with Gasteiger partial charge in [-0.05, 0) is 66.8 Å². The van der Waals surface area contributed by atoms with E-state index in [2.05, 4.69) is 0 Å². The van der Waals surface area contributed by atoms with Gasteiger partial charge in [-0.25, -0.2) is 26.3 Å². The van der Waals surface area contributed by atoms with Crippen molar-refractivity contribution in [2.24, 2.45) is 5.92 Å². The molecule has 0 spiro atoms. The molecule has 1 aliphatic rings. The zero-order valence-electron chi connectivity index (χ0n) is 19.5. The third kappa shape index (κ3) is 6.95. The van der Waals surface area contributed by atoms with Crippen LogP contribution in [0.25, 0.3) is 0 Å². The molecule has 1 saturated carbocycles. The molecule has 0 bridgehead atoms. The van der Waals surface area contributed by atoms with E-state index in [9.17, 15) is 26.4 Å². The Labute approximate surface area is 217 Å². The Balaban J connectivity index is 1.39. The first-order chi connectivity index (χ1) is 17.6. The van der Waals surface area contributed by atoms with Crippen molar-refractivity contribution in [1.29, 1.82) is 0 Å². The maximum Gasteiger partial charge on any atom is 0.268 e. The van der Waals surface area contributed by atoms with Crippen molar-refractivity contribution in [2.45, 2.75) is 37.2 Å². The summed E-state index contributed by atoms with van der Waals surface area (Å²) in [7, 11) is -4.36. The number of carbonyl (C=O) groups excluding carboxylic acids is 1. The summed E-state index contributed by atoms with van der Waals surface area (Å²) < 4.78 is 79.4. The summed E-state index contributed by atoms with van der Waals surface area (Å²) in [5, 5.41) is -0.0124. The first kappa shape index (κ1) is 26.8. The summed E-state index contributed by atoms with van der Waals surface area (Å²) in [6.45, 7) is 0.232. The van der Waals surface area contributed by atoms with Gasteiger partial charge in [-0.3, -0.25) is 4.79 Å². The van der Waals surface area contributed by atoms with Crippen LogP contribution in [0.15, 0.2) is 59.5 Å². The van der Waals surface area contributed by atoms with Gasteiger partial charge in [0.05, 0.1) is 22.1 Å². The Bertz CT molecular complexity index is 1370. The summed E-state index contributed by atoms with van der Waals surface area (Å²) in [4.78, 5) is 12.3. The smallest absolute Gasteiger partial charge is 0.268 e. The van der Waals surface area contributed by atoms with Gasteiger partial charge in [0.2, 0.25) is 0 Å². The Hall–Kier alpha value is -3.24. The van der Waals surface area contributed by atoms with Crippen LogP contribution in [0.4, 0.5) is 13.2 Å². The molecule has 1 fully saturated rings. The Morgan fingerprint density at radius 2 is 1.59 bits per heavy atom. The second-order valence-corrected chi connectivity index (χ2v) is 10.8. The molecule has 196 valence electrons. The molecule has 0 heterocycles. The number of hydrogen-bond donors (Lipinski definition) is 1. The summed E-state index contributed by atoms with van der Waals surface area (Å²) >= 11 is 6.15. The SMILES string of the molecule is O=C(NS(=O)(=O)c1ccc(OCc2cc(F)cc(F)c2)cc1)c1cc(Cl)c(OCC2CCCC2)cc1F. The Morgan fingerprint density at radius 3 is 2.24 bits per heavy atom. The van der Waals surface area contributed by atoms with Gasteiger partial charge in [0, 0.05) is 12.1 Å². The molecule has 3 aromatic carbocycles. The highest BCUT2D eigenvalue weighted by Gasteiger charge is 2.23. The quantitative estimate of drug-likeness (QED) is 0.350. The predicted molar refractivity (Wildman–Crippen MR) is 131 cm³/mol. The van der Waals surface area contributed by atoms with E-state index in [0.717, 1.165) is 56.0 Å². The number of carbonyl (C=O) groups is 1. The fourth-order valence-electron chi connectivity index (χ4n) is 4.01. The highest BCUT2D eigenvalue weighted by Crippen LogP contribution is 2.31. The van der Waals surface area contributed by atoms with Crippen molar-refractivity contribution in [3.05, 3.63) is 88.2 Å². The van der Waals surface area contributed by atoms with Crippen molar-refractivity contribution < 1.29 is 35.9 Å². The second kappa shape index (κ2) is 11.4. The number of sulfonamides is 1. The molecular formula is C26H23ClF3NO5S. The lowest BCUT2D eigenvalue weighted by Gasteiger charge is -2.14. The largest absolute Gasteiger partial charge is 0.492 e. The second-order valence-electron chi connectivity index (χ2n) is 8.70. The number of ether oxygens (including phenoxy) is 2. The number of halogens is 4. The van der Waals surface area contributed by atoms with Crippen LogP contribution < -0.4 is 14.2 Å². The van der Waals surface area contributed by atoms with E-state index >= 15 is 0 Å². The maximum atomic E-state index is 14.6. The molecule has 1 aliphatic carbocycles. The van der Waals surface area contributed by atoms with Gasteiger partial charge in [-0.2, -0.15) is 0 Å². The van der Waals surface area contributed by atoms with E-state index in [1.165, 1.54) is 24.3 Å². The zero-order chi connectivity index (χ0) is 26.6. The zero-order valence-corrected chi connectivity index (χ0v) is 21.0. The Kier molecular flexibility index (Phi) is 8.29. The van der Waals surface area contributed by atoms with E-state index in [-0.39, 0.29) is 33.6 Å². The van der Waals surface area contributed by atoms with Crippen LogP contribution in [-0.4, -0.2) is 20.9 Å². The minimum atomic E-state index is -4.36. The van der Waals surface area contributed by atoms with Crippen molar-refractivity contribution in [3.8, 4) is 11.5 Å². The lowest BCUT2D eigenvalue weighted by molar-refractivity contribution is 0.0977. The molecule has 6 nitrogen and oxygen atoms in total. The van der Waals surface area contributed by atoms with Crippen LogP contribution in [0.3, 0.4) is 0 Å². The van der Waals surface area contributed by atoms with Crippen LogP contribution in [0.5, 0.6) is 11.5 Å². The van der Waals surface area contributed by atoms with Gasteiger partial charge in [0.1, 0.15) is 35.6 Å². The minimum absolute atomic E-state index is 0.0124. The van der Waals surface area contributed by atoms with Crippen LogP contribution in [0, 0.1) is 23.4 Å². The molecule has 0 radical (unpaired) electrons. The first-order valence-electron chi connectivity index (χ1n) is 11.5. The fourth-order valence-corrected chi connectivity index (χ4v) is 5.19. The number of amides is 1.